The molecule has 4 rings (SSSR count). The Balaban J connectivity index is 1.68. The number of nitrogens with one attached hydrogen (secondary N) is 1. The molecular formula is C27H33N3O2. The molecule has 168 valence electrons. The zero-order valence-corrected chi connectivity index (χ0v) is 19.5. The van der Waals surface area contributed by atoms with Crippen LogP contribution in [0.2, 0.25) is 0 Å². The molecule has 5 nitrogen and oxygen atoms in total. The molecule has 0 unspecified atom stereocenters. The van der Waals surface area contributed by atoms with Gasteiger partial charge in [0.25, 0.3) is 5.91 Å². The van der Waals surface area contributed by atoms with Gasteiger partial charge in [-0.15, -0.1) is 0 Å². The van der Waals surface area contributed by atoms with Crippen LogP contribution in [0.3, 0.4) is 0 Å². The fourth-order valence-electron chi connectivity index (χ4n) is 4.99. The highest BCUT2D eigenvalue weighted by Crippen LogP contribution is 2.43. The molecule has 2 amide bonds. The van der Waals surface area contributed by atoms with Crippen molar-refractivity contribution in [3.05, 3.63) is 70.9 Å². The van der Waals surface area contributed by atoms with Gasteiger partial charge in [-0.2, -0.15) is 0 Å². The van der Waals surface area contributed by atoms with Crippen LogP contribution in [0.25, 0.3) is 10.9 Å². The lowest BCUT2D eigenvalue weighted by atomic mass is 9.95. The van der Waals surface area contributed by atoms with E-state index in [4.69, 9.17) is 0 Å². The zero-order valence-electron chi connectivity index (χ0n) is 19.5. The number of amides is 2. The molecule has 32 heavy (non-hydrogen) atoms. The van der Waals surface area contributed by atoms with E-state index in [2.05, 4.69) is 42.9 Å². The molecule has 0 saturated carbocycles. The summed E-state index contributed by atoms with van der Waals surface area (Å²) < 4.78 is 2.17. The van der Waals surface area contributed by atoms with Gasteiger partial charge >= 0.3 is 0 Å². The first kappa shape index (κ1) is 22.1. The van der Waals surface area contributed by atoms with Gasteiger partial charge in [-0.05, 0) is 38.0 Å². The molecule has 2 heterocycles. The second-order valence-electron chi connectivity index (χ2n) is 8.96. The number of aromatic nitrogens is 1. The molecule has 0 bridgehead atoms. The number of fused-ring (bicyclic) bond motifs is 2. The minimum atomic E-state index is -0.272. The van der Waals surface area contributed by atoms with Crippen molar-refractivity contribution in [2.24, 2.45) is 7.05 Å². The highest BCUT2D eigenvalue weighted by atomic mass is 16.2. The third-order valence-corrected chi connectivity index (χ3v) is 6.74. The number of carbonyl (C=O) groups excluding carboxylic acids is 2. The smallest absolute Gasteiger partial charge is 0.255 e. The fourth-order valence-corrected chi connectivity index (χ4v) is 4.99. The van der Waals surface area contributed by atoms with Gasteiger partial charge in [0.05, 0.1) is 6.04 Å². The Morgan fingerprint density at radius 3 is 2.59 bits per heavy atom. The van der Waals surface area contributed by atoms with Crippen LogP contribution in [0, 0.1) is 6.92 Å². The maximum absolute atomic E-state index is 13.4. The van der Waals surface area contributed by atoms with Crippen LogP contribution in [-0.4, -0.2) is 33.9 Å². The molecule has 5 heteroatoms. The molecule has 0 radical (unpaired) electrons. The van der Waals surface area contributed by atoms with Crippen molar-refractivity contribution in [2.75, 3.05) is 6.54 Å². The van der Waals surface area contributed by atoms with Gasteiger partial charge < -0.3 is 14.8 Å². The Hall–Kier alpha value is -3.08. The lowest BCUT2D eigenvalue weighted by molar-refractivity contribution is -0.122. The molecule has 1 aromatic heterocycles. The quantitative estimate of drug-likeness (QED) is 0.504. The minimum Gasteiger partial charge on any atom is -0.352 e. The number of nitrogens with zero attached hydrogens (tertiary/aromatic N) is 2. The average Bonchev–Trinajstić information content (AvgIpc) is 3.19. The van der Waals surface area contributed by atoms with Crippen molar-refractivity contribution in [3.63, 3.8) is 0 Å². The summed E-state index contributed by atoms with van der Waals surface area (Å²) in [6.07, 6.45) is 4.39. The molecular weight excluding hydrogens is 398 g/mol. The highest BCUT2D eigenvalue weighted by molar-refractivity contribution is 6.02. The number of unbranched alkanes of at least 4 members (excludes halogenated alkanes) is 2. The van der Waals surface area contributed by atoms with Crippen LogP contribution in [0.1, 0.15) is 72.8 Å². The van der Waals surface area contributed by atoms with Crippen molar-refractivity contribution in [3.8, 4) is 0 Å². The van der Waals surface area contributed by atoms with E-state index in [0.717, 1.165) is 47.0 Å². The molecule has 1 aliphatic rings. The topological polar surface area (TPSA) is 54.3 Å². The standard InChI is InChI=1S/C27H33N3O2/c1-5-6-7-12-18(2)28-24(31)17-30-26(20-13-8-9-14-21(20)27(30)32)25-19(3)29(4)23-16-11-10-15-22(23)25/h8-11,13-16,18,26H,5-7,12,17H2,1-4H3,(H,28,31)/t18-,26+/m1/s1. The number of hydrogen-bond donors (Lipinski definition) is 1. The molecule has 2 aromatic carbocycles. The third-order valence-electron chi connectivity index (χ3n) is 6.74. The van der Waals surface area contributed by atoms with E-state index in [0.29, 0.717) is 5.56 Å². The van der Waals surface area contributed by atoms with Crippen LogP contribution < -0.4 is 5.32 Å². The van der Waals surface area contributed by atoms with E-state index in [1.807, 2.05) is 43.3 Å². The van der Waals surface area contributed by atoms with Crippen molar-refractivity contribution < 1.29 is 9.59 Å². The van der Waals surface area contributed by atoms with Gasteiger partial charge in [0.2, 0.25) is 5.91 Å². The van der Waals surface area contributed by atoms with Gasteiger partial charge in [-0.1, -0.05) is 62.6 Å². The van der Waals surface area contributed by atoms with E-state index in [9.17, 15) is 9.59 Å². The number of rotatable bonds is 8. The van der Waals surface area contributed by atoms with Crippen LogP contribution in [0.4, 0.5) is 0 Å². The third kappa shape index (κ3) is 3.92. The van der Waals surface area contributed by atoms with Gasteiger partial charge in [0.15, 0.2) is 0 Å². The fraction of sp³-hybridized carbons (Fsp3) is 0.407. The summed E-state index contributed by atoms with van der Waals surface area (Å²) in [7, 11) is 2.05. The second-order valence-corrected chi connectivity index (χ2v) is 8.96. The molecule has 0 spiro atoms. The first-order valence-corrected chi connectivity index (χ1v) is 11.7. The molecule has 0 fully saturated rings. The van der Waals surface area contributed by atoms with Crippen molar-refractivity contribution in [1.82, 2.24) is 14.8 Å². The molecule has 1 aliphatic heterocycles. The summed E-state index contributed by atoms with van der Waals surface area (Å²) in [6.45, 7) is 6.36. The number of para-hydroxylation sites is 1. The van der Waals surface area contributed by atoms with Crippen molar-refractivity contribution in [2.45, 2.75) is 58.5 Å². The molecule has 2 atom stereocenters. The predicted molar refractivity (Wildman–Crippen MR) is 129 cm³/mol. The van der Waals surface area contributed by atoms with Gasteiger partial charge in [0, 0.05) is 40.8 Å². The van der Waals surface area contributed by atoms with Crippen LogP contribution in [-0.2, 0) is 11.8 Å². The number of hydrogen-bond acceptors (Lipinski definition) is 2. The maximum Gasteiger partial charge on any atom is 0.255 e. The van der Waals surface area contributed by atoms with E-state index in [1.165, 1.54) is 6.42 Å². The van der Waals surface area contributed by atoms with Crippen molar-refractivity contribution in [1.29, 1.82) is 0 Å². The summed E-state index contributed by atoms with van der Waals surface area (Å²) in [5.74, 6) is -0.176. The maximum atomic E-state index is 13.4. The highest BCUT2D eigenvalue weighted by Gasteiger charge is 2.40. The average molecular weight is 432 g/mol. The van der Waals surface area contributed by atoms with E-state index < -0.39 is 0 Å². The normalized spacial score (nSPS) is 16.4. The lowest BCUT2D eigenvalue weighted by Gasteiger charge is -2.26. The van der Waals surface area contributed by atoms with E-state index in [1.54, 1.807) is 4.90 Å². The first-order valence-electron chi connectivity index (χ1n) is 11.7. The van der Waals surface area contributed by atoms with E-state index >= 15 is 0 Å². The Morgan fingerprint density at radius 2 is 1.81 bits per heavy atom. The SMILES string of the molecule is CCCCC[C@@H](C)NC(=O)CN1C(=O)c2ccccc2[C@H]1c1c(C)n(C)c2ccccc12. The molecule has 0 saturated heterocycles. The van der Waals surface area contributed by atoms with Gasteiger partial charge in [-0.25, -0.2) is 0 Å². The van der Waals surface area contributed by atoms with Crippen LogP contribution >= 0.6 is 0 Å². The number of benzene rings is 2. The van der Waals surface area contributed by atoms with E-state index in [-0.39, 0.29) is 30.4 Å². The molecule has 1 N–H and O–H groups in total. The van der Waals surface area contributed by atoms with Gasteiger partial charge in [-0.3, -0.25) is 9.59 Å². The Bertz CT molecular complexity index is 1150. The number of aryl methyl sites for hydroxylation is 1. The summed E-state index contributed by atoms with van der Waals surface area (Å²) in [5, 5.41) is 4.23. The Labute approximate surface area is 190 Å². The largest absolute Gasteiger partial charge is 0.352 e. The Kier molecular flexibility index (Phi) is 6.35. The van der Waals surface area contributed by atoms with Crippen LogP contribution in [0.5, 0.6) is 0 Å². The number of carbonyl (C=O) groups is 2. The summed E-state index contributed by atoms with van der Waals surface area (Å²) >= 11 is 0. The second kappa shape index (κ2) is 9.19. The summed E-state index contributed by atoms with van der Waals surface area (Å²) in [6, 6.07) is 15.9. The minimum absolute atomic E-state index is 0.0545. The Morgan fingerprint density at radius 1 is 1.09 bits per heavy atom. The summed E-state index contributed by atoms with van der Waals surface area (Å²) in [4.78, 5) is 28.1. The van der Waals surface area contributed by atoms with Crippen molar-refractivity contribution >= 4 is 22.7 Å². The molecule has 3 aromatic rings. The van der Waals surface area contributed by atoms with Crippen LogP contribution in [0.15, 0.2) is 48.5 Å². The van der Waals surface area contributed by atoms with Gasteiger partial charge in [0.1, 0.15) is 6.54 Å². The lowest BCUT2D eigenvalue weighted by Crippen LogP contribution is -2.42. The zero-order chi connectivity index (χ0) is 22.8. The summed E-state index contributed by atoms with van der Waals surface area (Å²) in [5.41, 5.74) is 5.00. The monoisotopic (exact) mass is 431 g/mol. The predicted octanol–water partition coefficient (Wildman–Crippen LogP) is 5.12. The first-order chi connectivity index (χ1) is 15.4. The molecule has 0 aliphatic carbocycles.